The third-order valence-electron chi connectivity index (χ3n) is 2.97. The lowest BCUT2D eigenvalue weighted by Crippen LogP contribution is -2.62. The van der Waals surface area contributed by atoms with Gasteiger partial charge >= 0.3 is 23.9 Å². The Bertz CT molecular complexity index is 502. The number of esters is 4. The van der Waals surface area contributed by atoms with Crippen molar-refractivity contribution in [1.29, 1.82) is 0 Å². The molecule has 10 heteroatoms. The Morgan fingerprint density at radius 1 is 0.792 bits per heavy atom. The molecule has 0 aromatic carbocycles. The van der Waals surface area contributed by atoms with Gasteiger partial charge < -0.3 is 28.8 Å². The molecule has 1 fully saturated rings. The molecule has 0 aromatic rings. The minimum atomic E-state index is -1.68. The smallest absolute Gasteiger partial charge is 0.303 e. The molecule has 10 nitrogen and oxygen atoms in total. The van der Waals surface area contributed by atoms with Crippen molar-refractivity contribution >= 4 is 23.9 Å². The molecule has 1 N–H and O–H groups in total. The summed E-state index contributed by atoms with van der Waals surface area (Å²) in [6.07, 6.45) is -6.79. The van der Waals surface area contributed by atoms with Gasteiger partial charge in [-0.25, -0.2) is 0 Å². The van der Waals surface area contributed by atoms with E-state index in [9.17, 15) is 24.3 Å². The number of aliphatic hydroxyl groups is 1. The Hall–Kier alpha value is -2.20. The van der Waals surface area contributed by atoms with E-state index in [1.807, 2.05) is 0 Å². The number of aliphatic hydroxyl groups excluding tert-OH is 1. The minimum Gasteiger partial charge on any atom is -0.463 e. The second-order valence-electron chi connectivity index (χ2n) is 5.09. The topological polar surface area (TPSA) is 135 Å². The summed E-state index contributed by atoms with van der Waals surface area (Å²) >= 11 is 0. The van der Waals surface area contributed by atoms with E-state index < -0.39 is 54.6 Å². The second kappa shape index (κ2) is 8.60. The molecule has 24 heavy (non-hydrogen) atoms. The van der Waals surface area contributed by atoms with Gasteiger partial charge in [0.1, 0.15) is 12.7 Å². The second-order valence-corrected chi connectivity index (χ2v) is 5.09. The van der Waals surface area contributed by atoms with E-state index in [1.165, 1.54) is 0 Å². The molecule has 1 aliphatic heterocycles. The SMILES string of the molecule is CC(=O)OC[C@@H]1OC(O)[C@@H](OC(C)=O)[C@@H](OC(C)=O)[C@@H]1OC(C)=O. The predicted octanol–water partition coefficient (Wildman–Crippen LogP) is -0.938. The average Bonchev–Trinajstić information content (AvgIpc) is 2.42. The van der Waals surface area contributed by atoms with Gasteiger partial charge in [-0.05, 0) is 0 Å². The first kappa shape index (κ1) is 19.8. The molecule has 0 spiro atoms. The lowest BCUT2D eigenvalue weighted by molar-refractivity contribution is -0.296. The van der Waals surface area contributed by atoms with Crippen LogP contribution < -0.4 is 0 Å². The summed E-state index contributed by atoms with van der Waals surface area (Å²) in [5, 5.41) is 10.0. The summed E-state index contributed by atoms with van der Waals surface area (Å²) in [6.45, 7) is 4.09. The van der Waals surface area contributed by atoms with Gasteiger partial charge in [0.05, 0.1) is 0 Å². The molecule has 5 atom stereocenters. The zero-order valence-corrected chi connectivity index (χ0v) is 13.7. The summed E-state index contributed by atoms with van der Waals surface area (Å²) in [5.41, 5.74) is 0. The van der Waals surface area contributed by atoms with Crippen LogP contribution in [0.15, 0.2) is 0 Å². The van der Waals surface area contributed by atoms with Gasteiger partial charge in [0.2, 0.25) is 0 Å². The molecule has 0 aliphatic carbocycles. The van der Waals surface area contributed by atoms with E-state index in [1.54, 1.807) is 0 Å². The summed E-state index contributed by atoms with van der Waals surface area (Å²) in [7, 11) is 0. The van der Waals surface area contributed by atoms with Gasteiger partial charge in [-0.1, -0.05) is 0 Å². The van der Waals surface area contributed by atoms with Crippen LogP contribution in [0.5, 0.6) is 0 Å². The van der Waals surface area contributed by atoms with Gasteiger partial charge in [-0.15, -0.1) is 0 Å². The Labute approximate surface area is 137 Å². The number of carbonyl (C=O) groups is 4. The van der Waals surface area contributed by atoms with Crippen molar-refractivity contribution in [3.8, 4) is 0 Å². The average molecular weight is 348 g/mol. The minimum absolute atomic E-state index is 0.366. The first-order valence-corrected chi connectivity index (χ1v) is 7.10. The molecule has 0 amide bonds. The fraction of sp³-hybridized carbons (Fsp3) is 0.714. The summed E-state index contributed by atoms with van der Waals surface area (Å²) in [6, 6.07) is 0. The van der Waals surface area contributed by atoms with Crippen molar-refractivity contribution in [3.05, 3.63) is 0 Å². The maximum atomic E-state index is 11.3. The Morgan fingerprint density at radius 2 is 1.25 bits per heavy atom. The molecule has 0 saturated carbocycles. The molecular weight excluding hydrogens is 328 g/mol. The highest BCUT2D eigenvalue weighted by Gasteiger charge is 2.51. The van der Waals surface area contributed by atoms with Crippen molar-refractivity contribution in [2.24, 2.45) is 0 Å². The lowest BCUT2D eigenvalue weighted by atomic mass is 9.98. The van der Waals surface area contributed by atoms with Crippen molar-refractivity contribution in [3.63, 3.8) is 0 Å². The predicted molar refractivity (Wildman–Crippen MR) is 74.2 cm³/mol. The first-order valence-electron chi connectivity index (χ1n) is 7.10. The van der Waals surface area contributed by atoms with Gasteiger partial charge in [-0.2, -0.15) is 0 Å². The fourth-order valence-corrected chi connectivity index (χ4v) is 2.21. The fourth-order valence-electron chi connectivity index (χ4n) is 2.21. The highest BCUT2D eigenvalue weighted by atomic mass is 16.7. The number of ether oxygens (including phenoxy) is 5. The summed E-state index contributed by atoms with van der Waals surface area (Å²) < 4.78 is 25.0. The molecule has 0 aromatic heterocycles. The van der Waals surface area contributed by atoms with Crippen LogP contribution in [0.4, 0.5) is 0 Å². The third kappa shape index (κ3) is 5.78. The first-order chi connectivity index (χ1) is 11.1. The van der Waals surface area contributed by atoms with Crippen LogP contribution in [-0.4, -0.2) is 66.3 Å². The van der Waals surface area contributed by atoms with Crippen LogP contribution in [0, 0.1) is 0 Å². The third-order valence-corrected chi connectivity index (χ3v) is 2.97. The maximum Gasteiger partial charge on any atom is 0.303 e. The lowest BCUT2D eigenvalue weighted by Gasteiger charge is -2.42. The Morgan fingerprint density at radius 3 is 1.71 bits per heavy atom. The molecule has 0 bridgehead atoms. The highest BCUT2D eigenvalue weighted by Crippen LogP contribution is 2.28. The maximum absolute atomic E-state index is 11.3. The molecule has 1 saturated heterocycles. The summed E-state index contributed by atoms with van der Waals surface area (Å²) in [5.74, 6) is -2.87. The normalized spacial score (nSPS) is 29.3. The largest absolute Gasteiger partial charge is 0.463 e. The van der Waals surface area contributed by atoms with E-state index in [-0.39, 0.29) is 6.61 Å². The van der Waals surface area contributed by atoms with E-state index >= 15 is 0 Å². The van der Waals surface area contributed by atoms with Crippen LogP contribution in [0.25, 0.3) is 0 Å². The number of hydrogen-bond donors (Lipinski definition) is 1. The van der Waals surface area contributed by atoms with Crippen LogP contribution in [0.3, 0.4) is 0 Å². The Balaban J connectivity index is 3.11. The van der Waals surface area contributed by atoms with Crippen molar-refractivity contribution in [2.75, 3.05) is 6.61 Å². The quantitative estimate of drug-likeness (QED) is 0.490. The summed E-state index contributed by atoms with van der Waals surface area (Å²) in [4.78, 5) is 44.9. The number of rotatable bonds is 5. The standard InChI is InChI=1S/C14H20O10/c1-6(15)20-5-10-11(21-7(2)16)12(22-8(3)17)13(14(19)24-10)23-9(4)18/h10-14,19H,5H2,1-4H3/t10-,11+,12-,13-,14?/m0/s1. The van der Waals surface area contributed by atoms with Crippen LogP contribution in [-0.2, 0) is 42.9 Å². The van der Waals surface area contributed by atoms with Crippen LogP contribution >= 0.6 is 0 Å². The van der Waals surface area contributed by atoms with E-state index in [0.717, 1.165) is 27.7 Å². The molecule has 1 heterocycles. The molecule has 1 unspecified atom stereocenters. The van der Waals surface area contributed by atoms with Gasteiger partial charge in [0.25, 0.3) is 0 Å². The molecule has 136 valence electrons. The monoisotopic (exact) mass is 348 g/mol. The van der Waals surface area contributed by atoms with Gasteiger partial charge in [0, 0.05) is 27.7 Å². The van der Waals surface area contributed by atoms with Gasteiger partial charge in [0.15, 0.2) is 24.6 Å². The van der Waals surface area contributed by atoms with Crippen molar-refractivity contribution in [1.82, 2.24) is 0 Å². The van der Waals surface area contributed by atoms with Crippen LogP contribution in [0.1, 0.15) is 27.7 Å². The van der Waals surface area contributed by atoms with E-state index in [0.29, 0.717) is 0 Å². The molecule has 1 aliphatic rings. The Kier molecular flexibility index (Phi) is 7.11. The van der Waals surface area contributed by atoms with E-state index in [4.69, 9.17) is 23.7 Å². The number of hydrogen-bond acceptors (Lipinski definition) is 10. The van der Waals surface area contributed by atoms with Crippen molar-refractivity contribution < 1.29 is 48.0 Å². The highest BCUT2D eigenvalue weighted by molar-refractivity contribution is 5.68. The van der Waals surface area contributed by atoms with Crippen molar-refractivity contribution in [2.45, 2.75) is 58.4 Å². The zero-order chi connectivity index (χ0) is 18.4. The van der Waals surface area contributed by atoms with Gasteiger partial charge in [-0.3, -0.25) is 19.2 Å². The van der Waals surface area contributed by atoms with Crippen LogP contribution in [0.2, 0.25) is 0 Å². The zero-order valence-electron chi connectivity index (χ0n) is 13.7. The molecule has 1 rings (SSSR count). The number of carbonyl (C=O) groups excluding carboxylic acids is 4. The molecular formula is C14H20O10. The van der Waals surface area contributed by atoms with E-state index in [2.05, 4.69) is 0 Å². The molecule has 0 radical (unpaired) electrons.